The molecule has 1 amide bonds. The first-order valence-corrected chi connectivity index (χ1v) is 11.1. The maximum Gasteiger partial charge on any atom is 0.261 e. The van der Waals surface area contributed by atoms with Crippen LogP contribution in [0.4, 0.5) is 0 Å². The van der Waals surface area contributed by atoms with E-state index in [2.05, 4.69) is 40.0 Å². The minimum atomic E-state index is -0.374. The van der Waals surface area contributed by atoms with E-state index in [-0.39, 0.29) is 17.6 Å². The Morgan fingerprint density at radius 1 is 1.27 bits per heavy atom. The number of benzene rings is 2. The van der Waals surface area contributed by atoms with E-state index < -0.39 is 0 Å². The van der Waals surface area contributed by atoms with Crippen molar-refractivity contribution in [2.24, 2.45) is 0 Å². The number of nitrogens with zero attached hydrogens (tertiary/aromatic N) is 1. The van der Waals surface area contributed by atoms with E-state index in [1.165, 1.54) is 5.56 Å². The smallest absolute Gasteiger partial charge is 0.261 e. The number of ether oxygens (including phenoxy) is 2. The molecule has 0 heterocycles. The normalized spacial score (nSPS) is 11.1. The summed E-state index contributed by atoms with van der Waals surface area (Å²) in [5.74, 6) is 0.902. The summed E-state index contributed by atoms with van der Waals surface area (Å²) in [6, 6.07) is 15.8. The van der Waals surface area contributed by atoms with Crippen molar-refractivity contribution in [3.05, 3.63) is 62.7 Å². The number of rotatable bonds is 10. The molecule has 0 unspecified atom stereocenters. The van der Waals surface area contributed by atoms with Gasteiger partial charge < -0.3 is 14.8 Å². The lowest BCUT2D eigenvalue weighted by atomic mass is 10.1. The average Bonchev–Trinajstić information content (AvgIpc) is 2.72. The predicted molar refractivity (Wildman–Crippen MR) is 127 cm³/mol. The molecule has 6 heteroatoms. The molecule has 0 spiro atoms. The number of hydrogen-bond donors (Lipinski definition) is 1. The Bertz CT molecular complexity index is 918. The first kappa shape index (κ1) is 23.7. The summed E-state index contributed by atoms with van der Waals surface area (Å²) in [7, 11) is 0. The van der Waals surface area contributed by atoms with Crippen molar-refractivity contribution in [1.82, 2.24) is 5.32 Å². The Morgan fingerprint density at radius 2 is 2.00 bits per heavy atom. The van der Waals surface area contributed by atoms with Gasteiger partial charge in [0.1, 0.15) is 11.6 Å². The van der Waals surface area contributed by atoms with E-state index in [1.807, 2.05) is 51.1 Å². The second-order valence-corrected chi connectivity index (χ2v) is 8.11. The molecule has 1 N–H and O–H groups in total. The fourth-order valence-electron chi connectivity index (χ4n) is 2.83. The van der Waals surface area contributed by atoms with E-state index in [0.29, 0.717) is 24.7 Å². The van der Waals surface area contributed by atoms with Crippen molar-refractivity contribution in [2.75, 3.05) is 13.2 Å². The Balaban J connectivity index is 2.08. The molecule has 158 valence electrons. The largest absolute Gasteiger partial charge is 0.490 e. The van der Waals surface area contributed by atoms with Crippen molar-refractivity contribution >= 4 is 34.6 Å². The van der Waals surface area contributed by atoms with Crippen LogP contribution in [-0.4, -0.2) is 25.2 Å². The van der Waals surface area contributed by atoms with Crippen molar-refractivity contribution in [1.29, 1.82) is 5.26 Å². The van der Waals surface area contributed by atoms with Gasteiger partial charge in [-0.15, -0.1) is 0 Å². The Morgan fingerprint density at radius 3 is 2.63 bits per heavy atom. The van der Waals surface area contributed by atoms with Gasteiger partial charge in [0.2, 0.25) is 0 Å². The molecule has 2 rings (SSSR count). The molecule has 0 fully saturated rings. The zero-order valence-electron chi connectivity index (χ0n) is 17.6. The molecule has 30 heavy (non-hydrogen) atoms. The minimum Gasteiger partial charge on any atom is -0.490 e. The highest BCUT2D eigenvalue weighted by atomic mass is 127. The van der Waals surface area contributed by atoms with Crippen molar-refractivity contribution in [3.63, 3.8) is 0 Å². The lowest BCUT2D eigenvalue weighted by Crippen LogP contribution is -2.25. The average molecular weight is 518 g/mol. The van der Waals surface area contributed by atoms with Crippen LogP contribution in [0.25, 0.3) is 6.08 Å². The number of carbonyl (C=O) groups excluding carboxylic acids is 1. The van der Waals surface area contributed by atoms with Gasteiger partial charge >= 0.3 is 0 Å². The molecule has 0 aromatic heterocycles. The Hall–Kier alpha value is -2.53. The van der Waals surface area contributed by atoms with E-state index in [0.717, 1.165) is 22.0 Å². The zero-order valence-corrected chi connectivity index (χ0v) is 19.7. The molecule has 2 aromatic rings. The summed E-state index contributed by atoms with van der Waals surface area (Å²) in [5, 5.41) is 12.3. The van der Waals surface area contributed by atoms with Crippen molar-refractivity contribution < 1.29 is 14.3 Å². The second kappa shape index (κ2) is 12.2. The summed E-state index contributed by atoms with van der Waals surface area (Å²) >= 11 is 2.18. The number of amides is 1. The molecule has 5 nitrogen and oxygen atoms in total. The number of nitrogens with one attached hydrogen (secondary N) is 1. The molecule has 0 aliphatic carbocycles. The summed E-state index contributed by atoms with van der Waals surface area (Å²) in [6.45, 7) is 6.81. The first-order valence-electron chi connectivity index (χ1n) is 10.0. The summed E-state index contributed by atoms with van der Waals surface area (Å²) in [5.41, 5.74) is 2.00. The van der Waals surface area contributed by atoms with Gasteiger partial charge in [0.25, 0.3) is 5.91 Å². The minimum absolute atomic E-state index is 0.00967. The third-order valence-corrected chi connectivity index (χ3v) is 4.93. The maximum absolute atomic E-state index is 12.4. The topological polar surface area (TPSA) is 71.3 Å². The molecular weight excluding hydrogens is 491 g/mol. The van der Waals surface area contributed by atoms with E-state index in [9.17, 15) is 10.1 Å². The van der Waals surface area contributed by atoms with Gasteiger partial charge in [-0.2, -0.15) is 5.26 Å². The third-order valence-electron chi connectivity index (χ3n) is 4.13. The number of hydrogen-bond acceptors (Lipinski definition) is 4. The van der Waals surface area contributed by atoms with Crippen LogP contribution in [0.5, 0.6) is 11.5 Å². The Kier molecular flexibility index (Phi) is 9.68. The van der Waals surface area contributed by atoms with Crippen LogP contribution >= 0.6 is 22.6 Å². The maximum atomic E-state index is 12.4. The fourth-order valence-corrected chi connectivity index (χ4v) is 3.59. The molecule has 2 aromatic carbocycles. The highest BCUT2D eigenvalue weighted by Crippen LogP contribution is 2.35. The van der Waals surface area contributed by atoms with Gasteiger partial charge in [-0.05, 0) is 85.5 Å². The van der Waals surface area contributed by atoms with E-state index >= 15 is 0 Å². The monoisotopic (exact) mass is 518 g/mol. The van der Waals surface area contributed by atoms with Crippen LogP contribution in [0.3, 0.4) is 0 Å². The molecule has 0 aliphatic rings. The zero-order chi connectivity index (χ0) is 21.9. The van der Waals surface area contributed by atoms with Gasteiger partial charge in [0, 0.05) is 6.54 Å². The molecule has 0 saturated heterocycles. The van der Waals surface area contributed by atoms with Crippen LogP contribution in [-0.2, 0) is 11.2 Å². The van der Waals surface area contributed by atoms with Crippen LogP contribution in [0.15, 0.2) is 48.0 Å². The third kappa shape index (κ3) is 7.38. The standard InChI is InChI=1S/C24H27IN2O3/c1-4-29-22-15-19(14-21(25)23(22)30-17(2)3)13-20(16-26)24(28)27-12-8-11-18-9-6-5-7-10-18/h5-7,9-10,13-15,17H,4,8,11-12H2,1-3H3,(H,27,28)/b20-13-. The van der Waals surface area contributed by atoms with Gasteiger partial charge in [-0.1, -0.05) is 30.3 Å². The highest BCUT2D eigenvalue weighted by Gasteiger charge is 2.15. The summed E-state index contributed by atoms with van der Waals surface area (Å²) in [4.78, 5) is 12.4. The quantitative estimate of drug-likeness (QED) is 0.205. The van der Waals surface area contributed by atoms with Gasteiger partial charge in [0.15, 0.2) is 11.5 Å². The number of aryl methyl sites for hydroxylation is 1. The van der Waals surface area contributed by atoms with Crippen LogP contribution in [0.2, 0.25) is 0 Å². The van der Waals surface area contributed by atoms with Gasteiger partial charge in [-0.25, -0.2) is 0 Å². The number of halogens is 1. The van der Waals surface area contributed by atoms with Gasteiger partial charge in [0.05, 0.1) is 16.3 Å². The fraction of sp³-hybridized carbons (Fsp3) is 0.333. The van der Waals surface area contributed by atoms with Crippen LogP contribution < -0.4 is 14.8 Å². The van der Waals surface area contributed by atoms with Crippen molar-refractivity contribution in [2.45, 2.75) is 39.7 Å². The highest BCUT2D eigenvalue weighted by molar-refractivity contribution is 14.1. The molecule has 0 atom stereocenters. The predicted octanol–water partition coefficient (Wildman–Crippen LogP) is 5.13. The SMILES string of the molecule is CCOc1cc(/C=C(/C#N)C(=O)NCCCc2ccccc2)cc(I)c1OC(C)C. The number of carbonyl (C=O) groups is 1. The van der Waals surface area contributed by atoms with Crippen molar-refractivity contribution in [3.8, 4) is 17.6 Å². The summed E-state index contributed by atoms with van der Waals surface area (Å²) < 4.78 is 12.4. The Labute approximate surface area is 192 Å². The second-order valence-electron chi connectivity index (χ2n) is 6.94. The molecule has 0 radical (unpaired) electrons. The van der Waals surface area contributed by atoms with E-state index in [4.69, 9.17) is 9.47 Å². The van der Waals surface area contributed by atoms with E-state index in [1.54, 1.807) is 12.1 Å². The molecule has 0 saturated carbocycles. The first-order chi connectivity index (χ1) is 14.4. The molecule has 0 bridgehead atoms. The molecule has 0 aliphatic heterocycles. The van der Waals surface area contributed by atoms with Crippen LogP contribution in [0, 0.1) is 14.9 Å². The van der Waals surface area contributed by atoms with Crippen LogP contribution in [0.1, 0.15) is 38.3 Å². The van der Waals surface area contributed by atoms with Gasteiger partial charge in [-0.3, -0.25) is 4.79 Å². The number of nitriles is 1. The lowest BCUT2D eigenvalue weighted by Gasteiger charge is -2.17. The lowest BCUT2D eigenvalue weighted by molar-refractivity contribution is -0.117. The molecular formula is C24H27IN2O3. The summed E-state index contributed by atoms with van der Waals surface area (Å²) in [6.07, 6.45) is 3.27.